The Balaban J connectivity index is 1.31. The molecule has 1 aromatic rings. The first-order valence-electron chi connectivity index (χ1n) is 11.5. The van der Waals surface area contributed by atoms with Gasteiger partial charge in [0.15, 0.2) is 0 Å². The van der Waals surface area contributed by atoms with E-state index in [4.69, 9.17) is 0 Å². The molecule has 156 valence electrons. The number of carbonyl (C=O) groups is 1. The summed E-state index contributed by atoms with van der Waals surface area (Å²) in [6, 6.07) is 0.360. The van der Waals surface area contributed by atoms with E-state index in [2.05, 4.69) is 16.9 Å². The molecule has 3 fully saturated rings. The summed E-state index contributed by atoms with van der Waals surface area (Å²) in [4.78, 5) is 27.5. The summed E-state index contributed by atoms with van der Waals surface area (Å²) < 4.78 is 3.42. The highest BCUT2D eigenvalue weighted by Gasteiger charge is 2.36. The molecule has 2 saturated carbocycles. The molecular weight excluding hydrogens is 352 g/mol. The Morgan fingerprint density at radius 3 is 2.32 bits per heavy atom. The van der Waals surface area contributed by atoms with Crippen molar-refractivity contribution < 1.29 is 4.79 Å². The minimum absolute atomic E-state index is 0.0239. The van der Waals surface area contributed by atoms with E-state index in [9.17, 15) is 9.59 Å². The Morgan fingerprint density at radius 1 is 1.04 bits per heavy atom. The second-order valence-corrected chi connectivity index (χ2v) is 9.32. The normalized spacial score (nSPS) is 26.6. The van der Waals surface area contributed by atoms with Crippen molar-refractivity contribution in [3.05, 3.63) is 16.3 Å². The molecule has 4 rings (SSSR count). The number of rotatable bonds is 6. The van der Waals surface area contributed by atoms with E-state index in [1.807, 2.05) is 4.57 Å². The SMILES string of the molecule is CCCCC1CCC(C(=O)N2CCC(c3nn(C)c(=O)n3C3CC3)CC2)CC1. The van der Waals surface area contributed by atoms with Crippen LogP contribution in [0.4, 0.5) is 0 Å². The molecule has 28 heavy (non-hydrogen) atoms. The number of carbonyl (C=O) groups excluding carboxylic acids is 1. The van der Waals surface area contributed by atoms with Gasteiger partial charge in [0.1, 0.15) is 5.82 Å². The number of nitrogens with zero attached hydrogens (tertiary/aromatic N) is 4. The maximum atomic E-state index is 13.0. The van der Waals surface area contributed by atoms with Gasteiger partial charge in [-0.2, -0.15) is 5.10 Å². The number of amides is 1. The van der Waals surface area contributed by atoms with Crippen LogP contribution in [0, 0.1) is 11.8 Å². The second-order valence-electron chi connectivity index (χ2n) is 9.32. The fourth-order valence-corrected chi connectivity index (χ4v) is 5.26. The van der Waals surface area contributed by atoms with Gasteiger partial charge in [0.25, 0.3) is 0 Å². The van der Waals surface area contributed by atoms with Crippen LogP contribution in [0.1, 0.15) is 95.3 Å². The molecule has 0 unspecified atom stereocenters. The monoisotopic (exact) mass is 388 g/mol. The molecule has 2 aliphatic carbocycles. The summed E-state index contributed by atoms with van der Waals surface area (Å²) in [5, 5.41) is 4.55. The van der Waals surface area contributed by atoms with E-state index in [-0.39, 0.29) is 11.6 Å². The predicted octanol–water partition coefficient (Wildman–Crippen LogP) is 3.62. The van der Waals surface area contributed by atoms with Crippen molar-refractivity contribution >= 4 is 5.91 Å². The summed E-state index contributed by atoms with van der Waals surface area (Å²) in [5.74, 6) is 2.74. The second kappa shape index (κ2) is 8.42. The van der Waals surface area contributed by atoms with Crippen molar-refractivity contribution in [1.82, 2.24) is 19.2 Å². The van der Waals surface area contributed by atoms with Crippen LogP contribution in [0.25, 0.3) is 0 Å². The fourth-order valence-electron chi connectivity index (χ4n) is 5.26. The molecule has 0 atom stereocenters. The van der Waals surface area contributed by atoms with Crippen LogP contribution in [-0.2, 0) is 11.8 Å². The summed E-state index contributed by atoms with van der Waals surface area (Å²) >= 11 is 0. The maximum absolute atomic E-state index is 13.0. The number of aromatic nitrogens is 3. The van der Waals surface area contributed by atoms with Crippen LogP contribution in [0.3, 0.4) is 0 Å². The third-order valence-electron chi connectivity index (χ3n) is 7.23. The molecular formula is C22H36N4O2. The molecule has 6 nitrogen and oxygen atoms in total. The van der Waals surface area contributed by atoms with Gasteiger partial charge < -0.3 is 4.90 Å². The topological polar surface area (TPSA) is 60.1 Å². The minimum Gasteiger partial charge on any atom is -0.342 e. The highest BCUT2D eigenvalue weighted by molar-refractivity contribution is 5.79. The van der Waals surface area contributed by atoms with Crippen LogP contribution in [0.2, 0.25) is 0 Å². The van der Waals surface area contributed by atoms with Crippen LogP contribution < -0.4 is 5.69 Å². The van der Waals surface area contributed by atoms with Gasteiger partial charge in [-0.05, 0) is 57.3 Å². The molecule has 1 aromatic heterocycles. The quantitative estimate of drug-likeness (QED) is 0.748. The lowest BCUT2D eigenvalue weighted by Gasteiger charge is -2.36. The van der Waals surface area contributed by atoms with E-state index >= 15 is 0 Å². The Kier molecular flexibility index (Phi) is 5.93. The highest BCUT2D eigenvalue weighted by atomic mass is 16.2. The Hall–Kier alpha value is -1.59. The van der Waals surface area contributed by atoms with Crippen LogP contribution in [-0.4, -0.2) is 38.2 Å². The molecule has 1 amide bonds. The van der Waals surface area contributed by atoms with Gasteiger partial charge in [-0.25, -0.2) is 9.48 Å². The molecule has 0 aromatic carbocycles. The highest BCUT2D eigenvalue weighted by Crippen LogP contribution is 2.38. The summed E-state index contributed by atoms with van der Waals surface area (Å²) in [7, 11) is 1.75. The smallest absolute Gasteiger partial charge is 0.342 e. The zero-order valence-corrected chi connectivity index (χ0v) is 17.6. The summed E-state index contributed by atoms with van der Waals surface area (Å²) in [5.41, 5.74) is 0.0239. The van der Waals surface area contributed by atoms with Crippen LogP contribution >= 0.6 is 0 Å². The molecule has 0 radical (unpaired) electrons. The van der Waals surface area contributed by atoms with E-state index in [1.54, 1.807) is 7.05 Å². The Morgan fingerprint density at radius 2 is 1.71 bits per heavy atom. The number of unbranched alkanes of at least 4 members (excludes halogenated alkanes) is 1. The maximum Gasteiger partial charge on any atom is 0.345 e. The van der Waals surface area contributed by atoms with E-state index in [0.717, 1.165) is 63.4 Å². The van der Waals surface area contributed by atoms with Gasteiger partial charge >= 0.3 is 5.69 Å². The van der Waals surface area contributed by atoms with Gasteiger partial charge in [-0.15, -0.1) is 0 Å². The van der Waals surface area contributed by atoms with Gasteiger partial charge in [0.05, 0.1) is 0 Å². The third-order valence-corrected chi connectivity index (χ3v) is 7.23. The molecule has 1 saturated heterocycles. The summed E-state index contributed by atoms with van der Waals surface area (Å²) in [6.07, 6.45) is 12.6. The molecule has 0 spiro atoms. The molecule has 0 bridgehead atoms. The molecule has 3 aliphatic rings. The number of aryl methyl sites for hydroxylation is 1. The average molecular weight is 389 g/mol. The Labute approximate surface area is 168 Å². The number of piperidine rings is 1. The molecule has 6 heteroatoms. The van der Waals surface area contributed by atoms with Crippen molar-refractivity contribution in [3.63, 3.8) is 0 Å². The first-order valence-corrected chi connectivity index (χ1v) is 11.5. The zero-order valence-electron chi connectivity index (χ0n) is 17.6. The van der Waals surface area contributed by atoms with E-state index in [0.29, 0.717) is 17.9 Å². The van der Waals surface area contributed by atoms with Crippen molar-refractivity contribution in [2.75, 3.05) is 13.1 Å². The number of hydrogen-bond donors (Lipinski definition) is 0. The van der Waals surface area contributed by atoms with Crippen molar-refractivity contribution in [2.45, 2.75) is 89.5 Å². The third kappa shape index (κ3) is 4.06. The lowest BCUT2D eigenvalue weighted by Crippen LogP contribution is -2.42. The van der Waals surface area contributed by atoms with Crippen molar-refractivity contribution in [3.8, 4) is 0 Å². The molecule has 1 aliphatic heterocycles. The average Bonchev–Trinajstić information content (AvgIpc) is 3.52. The van der Waals surface area contributed by atoms with Crippen molar-refractivity contribution in [2.24, 2.45) is 18.9 Å². The molecule has 2 heterocycles. The summed E-state index contributed by atoms with van der Waals surface area (Å²) in [6.45, 7) is 3.89. The van der Waals surface area contributed by atoms with Crippen LogP contribution in [0.5, 0.6) is 0 Å². The van der Waals surface area contributed by atoms with Gasteiger partial charge in [0, 0.05) is 38.0 Å². The fraction of sp³-hybridized carbons (Fsp3) is 0.864. The van der Waals surface area contributed by atoms with Gasteiger partial charge in [-0.3, -0.25) is 9.36 Å². The lowest BCUT2D eigenvalue weighted by molar-refractivity contribution is -0.138. The van der Waals surface area contributed by atoms with E-state index < -0.39 is 0 Å². The number of hydrogen-bond acceptors (Lipinski definition) is 3. The zero-order chi connectivity index (χ0) is 19.7. The lowest BCUT2D eigenvalue weighted by atomic mass is 9.79. The van der Waals surface area contributed by atoms with Crippen LogP contribution in [0.15, 0.2) is 4.79 Å². The number of likely N-dealkylation sites (tertiary alicyclic amines) is 1. The Bertz CT molecular complexity index is 732. The molecule has 0 N–H and O–H groups in total. The minimum atomic E-state index is 0.0239. The van der Waals surface area contributed by atoms with E-state index in [1.165, 1.54) is 36.8 Å². The predicted molar refractivity (Wildman–Crippen MR) is 109 cm³/mol. The standard InChI is InChI=1S/C22H36N4O2/c1-3-4-5-16-6-8-18(9-7-16)21(27)25-14-12-17(13-15-25)20-23-24(2)22(28)26(20)19-10-11-19/h16-19H,3-15H2,1-2H3. The van der Waals surface area contributed by atoms with Gasteiger partial charge in [-0.1, -0.05) is 26.2 Å². The van der Waals surface area contributed by atoms with Gasteiger partial charge in [0.2, 0.25) is 5.91 Å². The first-order chi connectivity index (χ1) is 13.6. The van der Waals surface area contributed by atoms with Crippen molar-refractivity contribution in [1.29, 1.82) is 0 Å². The largest absolute Gasteiger partial charge is 0.345 e. The first kappa shape index (κ1) is 19.7.